The number of carbonyl (C=O) groups is 1. The van der Waals surface area contributed by atoms with Gasteiger partial charge in [0.05, 0.1) is 14.0 Å². The summed E-state index contributed by atoms with van der Waals surface area (Å²) in [5, 5.41) is 20.3. The lowest BCUT2D eigenvalue weighted by Gasteiger charge is -2.08. The maximum atomic E-state index is 10.6. The van der Waals surface area contributed by atoms with Gasteiger partial charge in [-0.1, -0.05) is 0 Å². The molecule has 68 valence electrons. The first-order chi connectivity index (χ1) is 5.37. The fraction of sp³-hybridized carbons (Fsp3) is 0.750. The first kappa shape index (κ1) is 10.3. The van der Waals surface area contributed by atoms with E-state index in [4.69, 9.17) is 0 Å². The molecule has 8 nitrogen and oxygen atoms in total. The van der Waals surface area contributed by atoms with Gasteiger partial charge in [0, 0.05) is 0 Å². The second kappa shape index (κ2) is 3.11. The van der Waals surface area contributed by atoms with Crippen molar-refractivity contribution in [1.82, 2.24) is 0 Å². The second-order valence-electron chi connectivity index (χ2n) is 2.03. The minimum absolute atomic E-state index is 0.568. The number of hydrogen-bond donors (Lipinski definition) is 0. The summed E-state index contributed by atoms with van der Waals surface area (Å²) in [5.74, 6) is -1.50. The molecule has 8 heteroatoms. The molecule has 0 amide bonds. The normalized spacial score (nSPS) is 10.5. The molecule has 0 aromatic carbocycles. The van der Waals surface area contributed by atoms with Crippen LogP contribution in [0.2, 0.25) is 0 Å². The Kier molecular flexibility index (Phi) is 2.66. The summed E-state index contributed by atoms with van der Waals surface area (Å²) >= 11 is 0. The van der Waals surface area contributed by atoms with E-state index in [9.17, 15) is 25.0 Å². The highest BCUT2D eigenvalue weighted by molar-refractivity contribution is 5.76. The lowest BCUT2D eigenvalue weighted by atomic mass is 10.2. The van der Waals surface area contributed by atoms with Crippen molar-refractivity contribution in [3.05, 3.63) is 20.2 Å². The van der Waals surface area contributed by atoms with Crippen molar-refractivity contribution in [3.63, 3.8) is 0 Å². The van der Waals surface area contributed by atoms with Gasteiger partial charge >= 0.3 is 11.6 Å². The third kappa shape index (κ3) is 1.31. The van der Waals surface area contributed by atoms with Gasteiger partial charge in [-0.05, 0) is 0 Å². The smallest absolute Gasteiger partial charge is 0.458 e. The summed E-state index contributed by atoms with van der Waals surface area (Å²) in [7, 11) is 0.841. The summed E-state index contributed by atoms with van der Waals surface area (Å²) in [5.41, 5.74) is -2.91. The van der Waals surface area contributed by atoms with Gasteiger partial charge in [-0.15, -0.1) is 0 Å². The summed E-state index contributed by atoms with van der Waals surface area (Å²) < 4.78 is 3.92. The van der Waals surface area contributed by atoms with Crippen LogP contribution in [0.4, 0.5) is 0 Å². The molecule has 0 rings (SSSR count). The molecule has 0 unspecified atom stereocenters. The van der Waals surface area contributed by atoms with Gasteiger partial charge in [-0.25, -0.2) is 4.79 Å². The van der Waals surface area contributed by atoms with E-state index in [1.165, 1.54) is 0 Å². The van der Waals surface area contributed by atoms with Crippen LogP contribution in [0.1, 0.15) is 6.92 Å². The molecule has 0 aliphatic rings. The third-order valence-electron chi connectivity index (χ3n) is 1.28. The first-order valence-corrected chi connectivity index (χ1v) is 2.74. The van der Waals surface area contributed by atoms with E-state index in [0.717, 1.165) is 7.11 Å². The quantitative estimate of drug-likeness (QED) is 0.247. The fourth-order valence-corrected chi connectivity index (χ4v) is 0.409. The van der Waals surface area contributed by atoms with Crippen LogP contribution < -0.4 is 0 Å². The monoisotopic (exact) mass is 178 g/mol. The van der Waals surface area contributed by atoms with Gasteiger partial charge in [-0.2, -0.15) is 0 Å². The fourth-order valence-electron chi connectivity index (χ4n) is 0.409. The van der Waals surface area contributed by atoms with E-state index in [0.29, 0.717) is 6.92 Å². The van der Waals surface area contributed by atoms with Crippen LogP contribution >= 0.6 is 0 Å². The summed E-state index contributed by atoms with van der Waals surface area (Å²) in [6, 6.07) is 0. The van der Waals surface area contributed by atoms with Crippen LogP contribution in [0.15, 0.2) is 0 Å². The Bertz CT molecular complexity index is 222. The standard InChI is InChI=1S/C4H6N2O6/c1-4(5(8)9,6(10)11)3(7)12-2/h1-2H3. The van der Waals surface area contributed by atoms with E-state index in [1.54, 1.807) is 0 Å². The average molecular weight is 178 g/mol. The predicted molar refractivity (Wildman–Crippen MR) is 34.4 cm³/mol. The number of methoxy groups -OCH3 is 1. The summed E-state index contributed by atoms with van der Waals surface area (Å²) in [6.45, 7) is 0.568. The van der Waals surface area contributed by atoms with Crippen molar-refractivity contribution in [3.8, 4) is 0 Å². The average Bonchev–Trinajstić information content (AvgIpc) is 2.00. The topological polar surface area (TPSA) is 113 Å². The van der Waals surface area contributed by atoms with Crippen molar-refractivity contribution in [2.75, 3.05) is 7.11 Å². The number of rotatable bonds is 3. The van der Waals surface area contributed by atoms with E-state index in [1.807, 2.05) is 0 Å². The SMILES string of the molecule is COC(=O)C(C)([N+](=O)[O-])[N+](=O)[O-]. The zero-order valence-electron chi connectivity index (χ0n) is 6.34. The highest BCUT2D eigenvalue weighted by Crippen LogP contribution is 2.11. The van der Waals surface area contributed by atoms with Gasteiger partial charge in [0.1, 0.15) is 9.85 Å². The van der Waals surface area contributed by atoms with Crippen molar-refractivity contribution in [1.29, 1.82) is 0 Å². The Morgan fingerprint density at radius 2 is 1.67 bits per heavy atom. The molecule has 0 spiro atoms. The Morgan fingerprint density at radius 3 is 1.75 bits per heavy atom. The minimum Gasteiger partial charge on any atom is -0.458 e. The molecule has 0 aromatic rings. The van der Waals surface area contributed by atoms with E-state index < -0.39 is 21.5 Å². The Morgan fingerprint density at radius 1 is 1.33 bits per heavy atom. The largest absolute Gasteiger partial charge is 0.549 e. The van der Waals surface area contributed by atoms with Gasteiger partial charge < -0.3 is 4.74 Å². The maximum Gasteiger partial charge on any atom is 0.549 e. The highest BCUT2D eigenvalue weighted by atomic mass is 16.7. The van der Waals surface area contributed by atoms with E-state index in [2.05, 4.69) is 4.74 Å². The highest BCUT2D eigenvalue weighted by Gasteiger charge is 2.60. The number of nitro groups is 2. The number of ether oxygens (including phenoxy) is 1. The first-order valence-electron chi connectivity index (χ1n) is 2.74. The lowest BCUT2D eigenvalue weighted by molar-refractivity contribution is -0.773. The maximum absolute atomic E-state index is 10.6. The zero-order chi connectivity index (χ0) is 9.94. The van der Waals surface area contributed by atoms with Crippen molar-refractivity contribution in [2.24, 2.45) is 0 Å². The van der Waals surface area contributed by atoms with Gasteiger partial charge in [-0.3, -0.25) is 20.2 Å². The molecule has 12 heavy (non-hydrogen) atoms. The molecule has 0 saturated carbocycles. The molecule has 0 atom stereocenters. The van der Waals surface area contributed by atoms with E-state index in [-0.39, 0.29) is 0 Å². The second-order valence-corrected chi connectivity index (χ2v) is 2.03. The van der Waals surface area contributed by atoms with Gasteiger partial charge in [0.2, 0.25) is 0 Å². The molecule has 0 saturated heterocycles. The van der Waals surface area contributed by atoms with E-state index >= 15 is 0 Å². The number of esters is 1. The molecule has 0 heterocycles. The molecule has 0 bridgehead atoms. The molecular weight excluding hydrogens is 172 g/mol. The van der Waals surface area contributed by atoms with Crippen LogP contribution in [0, 0.1) is 20.2 Å². The van der Waals surface area contributed by atoms with Gasteiger partial charge in [0.25, 0.3) is 0 Å². The molecular formula is C4H6N2O6. The molecule has 0 fully saturated rings. The lowest BCUT2D eigenvalue weighted by Crippen LogP contribution is -2.51. The van der Waals surface area contributed by atoms with Crippen LogP contribution in [0.25, 0.3) is 0 Å². The molecule has 0 aliphatic heterocycles. The molecule has 0 aliphatic carbocycles. The minimum atomic E-state index is -2.91. The predicted octanol–water partition coefficient (Wildman–Crippen LogP) is -0.571. The van der Waals surface area contributed by atoms with Crippen molar-refractivity contribution < 1.29 is 19.4 Å². The van der Waals surface area contributed by atoms with Crippen LogP contribution in [0.5, 0.6) is 0 Å². The summed E-state index contributed by atoms with van der Waals surface area (Å²) in [6.07, 6.45) is 0. The van der Waals surface area contributed by atoms with Crippen LogP contribution in [0.3, 0.4) is 0 Å². The number of nitrogens with zero attached hydrogens (tertiary/aromatic N) is 2. The van der Waals surface area contributed by atoms with Gasteiger partial charge in [0.15, 0.2) is 0 Å². The third-order valence-corrected chi connectivity index (χ3v) is 1.28. The molecule has 0 aromatic heterocycles. The molecule has 0 N–H and O–H groups in total. The Balaban J connectivity index is 5.01. The number of hydrogen-bond acceptors (Lipinski definition) is 6. The molecule has 0 radical (unpaired) electrons. The van der Waals surface area contributed by atoms with Crippen molar-refractivity contribution >= 4 is 5.97 Å². The van der Waals surface area contributed by atoms with Crippen molar-refractivity contribution in [2.45, 2.75) is 12.6 Å². The summed E-state index contributed by atoms with van der Waals surface area (Å²) in [4.78, 5) is 28.2. The van der Waals surface area contributed by atoms with Crippen LogP contribution in [-0.2, 0) is 9.53 Å². The number of carbonyl (C=O) groups excluding carboxylic acids is 1. The van der Waals surface area contributed by atoms with Crippen LogP contribution in [-0.4, -0.2) is 28.6 Å². The zero-order valence-corrected chi connectivity index (χ0v) is 6.34. The Hall–Kier alpha value is -1.73. The Labute approximate surface area is 66.4 Å².